The molecule has 0 bridgehead atoms. The molecule has 2 aromatic rings. The molecule has 0 aliphatic rings. The van der Waals surface area contributed by atoms with Crippen LogP contribution < -0.4 is 5.32 Å². The van der Waals surface area contributed by atoms with Crippen LogP contribution in [0, 0.1) is 13.8 Å². The second-order valence-electron chi connectivity index (χ2n) is 4.15. The molecule has 0 spiro atoms. The molecule has 0 unspecified atom stereocenters. The average Bonchev–Trinajstić information content (AvgIpc) is 2.76. The van der Waals surface area contributed by atoms with Crippen LogP contribution in [0.5, 0.6) is 0 Å². The fourth-order valence-corrected chi connectivity index (χ4v) is 2.33. The number of hydrogen-bond acceptors (Lipinski definition) is 2. The minimum atomic E-state index is 0.941. The van der Waals surface area contributed by atoms with Crippen molar-refractivity contribution in [3.63, 3.8) is 0 Å². The lowest BCUT2D eigenvalue weighted by Gasteiger charge is -2.06. The molecule has 1 heterocycles. The molecular weight excluding hydrogens is 214 g/mol. The molecule has 1 aromatic heterocycles. The Hall–Kier alpha value is -1.12. The highest BCUT2D eigenvalue weighted by Crippen LogP contribution is 2.10. The normalized spacial score (nSPS) is 10.6. The Morgan fingerprint density at radius 3 is 2.50 bits per heavy atom. The maximum Gasteiger partial charge on any atom is 0.0216 e. The number of hydrogen-bond donors (Lipinski definition) is 1. The van der Waals surface area contributed by atoms with Gasteiger partial charge in [0, 0.05) is 13.1 Å². The third-order valence-corrected chi connectivity index (χ3v) is 3.54. The van der Waals surface area contributed by atoms with Crippen molar-refractivity contribution >= 4 is 11.3 Å². The van der Waals surface area contributed by atoms with Crippen LogP contribution in [-0.2, 0) is 13.1 Å². The van der Waals surface area contributed by atoms with Gasteiger partial charge in [-0.15, -0.1) is 0 Å². The largest absolute Gasteiger partial charge is 0.309 e. The molecule has 0 aliphatic carbocycles. The van der Waals surface area contributed by atoms with Crippen molar-refractivity contribution in [2.45, 2.75) is 26.9 Å². The van der Waals surface area contributed by atoms with Gasteiger partial charge in [-0.1, -0.05) is 18.2 Å². The van der Waals surface area contributed by atoms with E-state index in [1.54, 1.807) is 11.3 Å². The van der Waals surface area contributed by atoms with Gasteiger partial charge in [-0.25, -0.2) is 0 Å². The van der Waals surface area contributed by atoms with E-state index in [0.29, 0.717) is 0 Å². The summed E-state index contributed by atoms with van der Waals surface area (Å²) < 4.78 is 0. The van der Waals surface area contributed by atoms with Crippen LogP contribution in [0.3, 0.4) is 0 Å². The molecule has 1 N–H and O–H groups in total. The highest BCUT2D eigenvalue weighted by atomic mass is 32.1. The summed E-state index contributed by atoms with van der Waals surface area (Å²) in [6.07, 6.45) is 0. The molecule has 0 radical (unpaired) electrons. The van der Waals surface area contributed by atoms with Gasteiger partial charge in [-0.3, -0.25) is 0 Å². The molecule has 1 nitrogen and oxygen atoms in total. The third-order valence-electron chi connectivity index (χ3n) is 2.81. The number of aryl methyl sites for hydroxylation is 2. The van der Waals surface area contributed by atoms with E-state index in [9.17, 15) is 0 Å². The Balaban J connectivity index is 1.87. The number of nitrogens with one attached hydrogen (secondary N) is 1. The van der Waals surface area contributed by atoms with Crippen molar-refractivity contribution in [1.82, 2.24) is 5.32 Å². The molecule has 0 atom stereocenters. The molecule has 16 heavy (non-hydrogen) atoms. The van der Waals surface area contributed by atoms with E-state index in [-0.39, 0.29) is 0 Å². The minimum Gasteiger partial charge on any atom is -0.309 e. The maximum atomic E-state index is 3.46. The molecule has 1 aromatic carbocycles. The molecule has 0 saturated carbocycles. The average molecular weight is 231 g/mol. The second-order valence-corrected chi connectivity index (χ2v) is 4.93. The van der Waals surface area contributed by atoms with Gasteiger partial charge in [0.05, 0.1) is 0 Å². The highest BCUT2D eigenvalue weighted by Gasteiger charge is 1.97. The van der Waals surface area contributed by atoms with Crippen molar-refractivity contribution < 1.29 is 0 Å². The van der Waals surface area contributed by atoms with E-state index in [2.05, 4.69) is 54.2 Å². The Morgan fingerprint density at radius 1 is 1.00 bits per heavy atom. The van der Waals surface area contributed by atoms with Gasteiger partial charge in [0.15, 0.2) is 0 Å². The minimum absolute atomic E-state index is 0.941. The summed E-state index contributed by atoms with van der Waals surface area (Å²) in [4.78, 5) is 0. The van der Waals surface area contributed by atoms with Crippen LogP contribution in [0.15, 0.2) is 35.0 Å². The van der Waals surface area contributed by atoms with Crippen molar-refractivity contribution in [2.24, 2.45) is 0 Å². The molecule has 0 fully saturated rings. The van der Waals surface area contributed by atoms with Gasteiger partial charge in [0.2, 0.25) is 0 Å². The second kappa shape index (κ2) is 5.28. The zero-order valence-electron chi connectivity index (χ0n) is 9.79. The van der Waals surface area contributed by atoms with E-state index in [1.807, 2.05) is 0 Å². The molecule has 0 saturated heterocycles. The van der Waals surface area contributed by atoms with E-state index in [0.717, 1.165) is 13.1 Å². The van der Waals surface area contributed by atoms with E-state index >= 15 is 0 Å². The van der Waals surface area contributed by atoms with Gasteiger partial charge < -0.3 is 5.32 Å². The standard InChI is InChI=1S/C14H17NS/c1-11-3-4-13(7-12(11)2)8-15-9-14-5-6-16-10-14/h3-7,10,15H,8-9H2,1-2H3. The molecule has 0 amide bonds. The monoisotopic (exact) mass is 231 g/mol. The SMILES string of the molecule is Cc1ccc(CNCc2ccsc2)cc1C. The Bertz CT molecular complexity index is 446. The van der Waals surface area contributed by atoms with Crippen LogP contribution in [-0.4, -0.2) is 0 Å². The van der Waals surface area contributed by atoms with Crippen molar-refractivity contribution in [3.05, 3.63) is 57.3 Å². The summed E-state index contributed by atoms with van der Waals surface area (Å²) in [5, 5.41) is 7.76. The summed E-state index contributed by atoms with van der Waals surface area (Å²) in [6, 6.07) is 8.81. The van der Waals surface area contributed by atoms with Crippen molar-refractivity contribution in [1.29, 1.82) is 0 Å². The molecule has 2 rings (SSSR count). The van der Waals surface area contributed by atoms with Crippen LogP contribution in [0.1, 0.15) is 22.3 Å². The Labute approximate surface area is 101 Å². The van der Waals surface area contributed by atoms with Crippen LogP contribution in [0.2, 0.25) is 0 Å². The van der Waals surface area contributed by atoms with Gasteiger partial charge in [0.1, 0.15) is 0 Å². The quantitative estimate of drug-likeness (QED) is 0.847. The first-order chi connectivity index (χ1) is 7.75. The molecule has 2 heteroatoms. The summed E-state index contributed by atoms with van der Waals surface area (Å²) in [5.74, 6) is 0. The maximum absolute atomic E-state index is 3.46. The van der Waals surface area contributed by atoms with Crippen LogP contribution in [0.4, 0.5) is 0 Å². The summed E-state index contributed by atoms with van der Waals surface area (Å²) in [6.45, 7) is 6.21. The van der Waals surface area contributed by atoms with E-state index < -0.39 is 0 Å². The smallest absolute Gasteiger partial charge is 0.0216 e. The van der Waals surface area contributed by atoms with Gasteiger partial charge in [-0.05, 0) is 52.9 Å². The fraction of sp³-hybridized carbons (Fsp3) is 0.286. The van der Waals surface area contributed by atoms with Gasteiger partial charge in [0.25, 0.3) is 0 Å². The number of benzene rings is 1. The molecule has 0 aliphatic heterocycles. The van der Waals surface area contributed by atoms with Crippen molar-refractivity contribution in [3.8, 4) is 0 Å². The number of thiophene rings is 1. The molecular formula is C14H17NS. The zero-order valence-corrected chi connectivity index (χ0v) is 10.6. The zero-order chi connectivity index (χ0) is 11.4. The summed E-state index contributed by atoms with van der Waals surface area (Å²) >= 11 is 1.75. The first-order valence-electron chi connectivity index (χ1n) is 5.53. The lowest BCUT2D eigenvalue weighted by Crippen LogP contribution is -2.12. The fourth-order valence-electron chi connectivity index (χ4n) is 1.66. The van der Waals surface area contributed by atoms with E-state index in [1.165, 1.54) is 22.3 Å². The first kappa shape index (κ1) is 11.4. The topological polar surface area (TPSA) is 12.0 Å². The van der Waals surface area contributed by atoms with Crippen LogP contribution in [0.25, 0.3) is 0 Å². The Morgan fingerprint density at radius 2 is 1.81 bits per heavy atom. The predicted molar refractivity (Wildman–Crippen MR) is 70.8 cm³/mol. The summed E-state index contributed by atoms with van der Waals surface area (Å²) in [5.41, 5.74) is 5.46. The molecule has 84 valence electrons. The Kier molecular flexibility index (Phi) is 3.75. The van der Waals surface area contributed by atoms with E-state index in [4.69, 9.17) is 0 Å². The van der Waals surface area contributed by atoms with Crippen molar-refractivity contribution in [2.75, 3.05) is 0 Å². The lowest BCUT2D eigenvalue weighted by atomic mass is 10.1. The lowest BCUT2D eigenvalue weighted by molar-refractivity contribution is 0.694. The van der Waals surface area contributed by atoms with Gasteiger partial charge in [-0.2, -0.15) is 11.3 Å². The third kappa shape index (κ3) is 2.94. The summed E-state index contributed by atoms with van der Waals surface area (Å²) in [7, 11) is 0. The number of rotatable bonds is 4. The first-order valence-corrected chi connectivity index (χ1v) is 6.48. The predicted octanol–water partition coefficient (Wildman–Crippen LogP) is 3.65. The van der Waals surface area contributed by atoms with Crippen LogP contribution >= 0.6 is 11.3 Å². The highest BCUT2D eigenvalue weighted by molar-refractivity contribution is 7.07. The van der Waals surface area contributed by atoms with Gasteiger partial charge >= 0.3 is 0 Å².